The molecule has 2 aromatic carbocycles. The molecule has 0 bridgehead atoms. The monoisotopic (exact) mass is 375 g/mol. The Morgan fingerprint density at radius 2 is 1.68 bits per heavy atom. The van der Waals surface area contributed by atoms with Crippen LogP contribution in [-0.2, 0) is 6.54 Å². The Kier molecular flexibility index (Phi) is 5.31. The lowest BCUT2D eigenvalue weighted by Crippen LogP contribution is -2.16. The lowest BCUT2D eigenvalue weighted by molar-refractivity contribution is -0.274. The summed E-state index contributed by atoms with van der Waals surface area (Å²) in [5.74, 6) is 0.753. The first-order valence-corrected chi connectivity index (χ1v) is 7.13. The summed E-state index contributed by atoms with van der Waals surface area (Å²) in [6, 6.07) is 10.8. The summed E-state index contributed by atoms with van der Waals surface area (Å²) < 4.78 is 46.7. The lowest BCUT2D eigenvalue weighted by Gasteiger charge is -2.13. The zero-order valence-corrected chi connectivity index (χ0v) is 13.2. The number of benzene rings is 2. The van der Waals surface area contributed by atoms with Gasteiger partial charge in [0.15, 0.2) is 0 Å². The Morgan fingerprint density at radius 3 is 2.27 bits per heavy atom. The van der Waals surface area contributed by atoms with Crippen molar-refractivity contribution in [3.05, 3.63) is 52.5 Å². The standard InChI is InChI=1S/C15H13BrF3NO2/c1-20-9-10-2-3-11(16)8-14(10)21-12-4-6-13(7-5-12)22-15(17,18)19/h2-8,20H,9H2,1H3. The molecule has 118 valence electrons. The molecular weight excluding hydrogens is 363 g/mol. The Bertz CT molecular complexity index is 630. The van der Waals surface area contributed by atoms with Gasteiger partial charge in [-0.05, 0) is 43.4 Å². The Hall–Kier alpha value is -1.73. The molecule has 0 heterocycles. The molecule has 1 N–H and O–H groups in total. The quantitative estimate of drug-likeness (QED) is 0.809. The third-order valence-corrected chi connectivity index (χ3v) is 3.17. The van der Waals surface area contributed by atoms with Gasteiger partial charge in [0.1, 0.15) is 17.2 Å². The van der Waals surface area contributed by atoms with Crippen LogP contribution in [0.15, 0.2) is 46.9 Å². The van der Waals surface area contributed by atoms with Gasteiger partial charge in [0.05, 0.1) is 0 Å². The number of halogens is 4. The minimum Gasteiger partial charge on any atom is -0.457 e. The van der Waals surface area contributed by atoms with Crippen LogP contribution in [0.3, 0.4) is 0 Å². The molecule has 0 aliphatic heterocycles. The minimum atomic E-state index is -4.70. The topological polar surface area (TPSA) is 30.5 Å². The van der Waals surface area contributed by atoms with Crippen molar-refractivity contribution in [3.63, 3.8) is 0 Å². The van der Waals surface area contributed by atoms with Crippen LogP contribution in [0.1, 0.15) is 5.56 Å². The van der Waals surface area contributed by atoms with Gasteiger partial charge in [-0.1, -0.05) is 22.0 Å². The van der Waals surface area contributed by atoms with Crippen molar-refractivity contribution in [2.45, 2.75) is 12.9 Å². The van der Waals surface area contributed by atoms with Gasteiger partial charge in [-0.15, -0.1) is 13.2 Å². The Labute approximate surface area is 134 Å². The van der Waals surface area contributed by atoms with Gasteiger partial charge >= 0.3 is 6.36 Å². The smallest absolute Gasteiger partial charge is 0.457 e. The molecule has 2 aromatic rings. The normalized spacial score (nSPS) is 11.3. The van der Waals surface area contributed by atoms with E-state index in [0.717, 1.165) is 10.0 Å². The van der Waals surface area contributed by atoms with Gasteiger partial charge in [0.2, 0.25) is 0 Å². The van der Waals surface area contributed by atoms with E-state index in [9.17, 15) is 13.2 Å². The first kappa shape index (κ1) is 16.6. The van der Waals surface area contributed by atoms with Crippen LogP contribution < -0.4 is 14.8 Å². The van der Waals surface area contributed by atoms with Crippen LogP contribution in [0.4, 0.5) is 13.2 Å². The highest BCUT2D eigenvalue weighted by atomic mass is 79.9. The van der Waals surface area contributed by atoms with Crippen LogP contribution in [0.5, 0.6) is 17.2 Å². The SMILES string of the molecule is CNCc1ccc(Br)cc1Oc1ccc(OC(F)(F)F)cc1. The van der Waals surface area contributed by atoms with Crippen LogP contribution in [-0.4, -0.2) is 13.4 Å². The highest BCUT2D eigenvalue weighted by Gasteiger charge is 2.30. The molecule has 0 fully saturated rings. The molecule has 0 aliphatic carbocycles. The predicted molar refractivity (Wildman–Crippen MR) is 80.1 cm³/mol. The number of hydrogen-bond donors (Lipinski definition) is 1. The molecule has 0 saturated carbocycles. The Balaban J connectivity index is 2.15. The van der Waals surface area contributed by atoms with Crippen molar-refractivity contribution in [1.82, 2.24) is 5.32 Å². The van der Waals surface area contributed by atoms with Crippen molar-refractivity contribution < 1.29 is 22.6 Å². The number of hydrogen-bond acceptors (Lipinski definition) is 3. The average molecular weight is 376 g/mol. The van der Waals surface area contributed by atoms with Gasteiger partial charge in [-0.3, -0.25) is 0 Å². The molecular formula is C15H13BrF3NO2. The van der Waals surface area contributed by atoms with Gasteiger partial charge in [0.25, 0.3) is 0 Å². The minimum absolute atomic E-state index is 0.287. The molecule has 0 aromatic heterocycles. The third kappa shape index (κ3) is 4.92. The van der Waals surface area contributed by atoms with Gasteiger partial charge < -0.3 is 14.8 Å². The maximum Gasteiger partial charge on any atom is 0.573 e. The van der Waals surface area contributed by atoms with Gasteiger partial charge in [0, 0.05) is 16.6 Å². The van der Waals surface area contributed by atoms with Crippen molar-refractivity contribution in [3.8, 4) is 17.2 Å². The first-order valence-electron chi connectivity index (χ1n) is 6.34. The van der Waals surface area contributed by atoms with E-state index in [-0.39, 0.29) is 5.75 Å². The zero-order chi connectivity index (χ0) is 16.2. The molecule has 0 spiro atoms. The molecule has 2 rings (SSSR count). The molecule has 0 amide bonds. The second-order valence-corrected chi connectivity index (χ2v) is 5.32. The van der Waals surface area contributed by atoms with E-state index in [1.165, 1.54) is 24.3 Å². The van der Waals surface area contributed by atoms with E-state index in [2.05, 4.69) is 26.0 Å². The summed E-state index contributed by atoms with van der Waals surface area (Å²) in [6.45, 7) is 0.609. The summed E-state index contributed by atoms with van der Waals surface area (Å²) in [7, 11) is 1.81. The van der Waals surface area contributed by atoms with E-state index < -0.39 is 6.36 Å². The molecule has 0 aliphatic rings. The number of nitrogens with one attached hydrogen (secondary N) is 1. The summed E-state index contributed by atoms with van der Waals surface area (Å²) in [5.41, 5.74) is 0.932. The molecule has 0 atom stereocenters. The summed E-state index contributed by atoms with van der Waals surface area (Å²) >= 11 is 3.36. The molecule has 0 radical (unpaired) electrons. The third-order valence-electron chi connectivity index (χ3n) is 2.68. The zero-order valence-electron chi connectivity index (χ0n) is 11.6. The predicted octanol–water partition coefficient (Wildman–Crippen LogP) is 4.86. The number of ether oxygens (including phenoxy) is 2. The van der Waals surface area contributed by atoms with Crippen LogP contribution in [0.2, 0.25) is 0 Å². The fourth-order valence-corrected chi connectivity index (χ4v) is 2.14. The van der Waals surface area contributed by atoms with Crippen LogP contribution >= 0.6 is 15.9 Å². The average Bonchev–Trinajstić information content (AvgIpc) is 2.42. The first-order chi connectivity index (χ1) is 10.4. The van der Waals surface area contributed by atoms with E-state index in [1.807, 2.05) is 19.2 Å². The van der Waals surface area contributed by atoms with Crippen molar-refractivity contribution >= 4 is 15.9 Å². The Morgan fingerprint density at radius 1 is 1.05 bits per heavy atom. The number of rotatable bonds is 5. The van der Waals surface area contributed by atoms with Crippen LogP contribution in [0.25, 0.3) is 0 Å². The number of alkyl halides is 3. The second kappa shape index (κ2) is 7.02. The van der Waals surface area contributed by atoms with Gasteiger partial charge in [-0.2, -0.15) is 0 Å². The van der Waals surface area contributed by atoms with E-state index in [1.54, 1.807) is 6.07 Å². The summed E-state index contributed by atoms with van der Waals surface area (Å²) in [6.07, 6.45) is -4.70. The van der Waals surface area contributed by atoms with Crippen molar-refractivity contribution in [2.24, 2.45) is 0 Å². The summed E-state index contributed by atoms with van der Waals surface area (Å²) in [4.78, 5) is 0. The second-order valence-electron chi connectivity index (χ2n) is 4.40. The molecule has 22 heavy (non-hydrogen) atoms. The highest BCUT2D eigenvalue weighted by molar-refractivity contribution is 9.10. The van der Waals surface area contributed by atoms with E-state index >= 15 is 0 Å². The van der Waals surface area contributed by atoms with Crippen molar-refractivity contribution in [2.75, 3.05) is 7.05 Å². The lowest BCUT2D eigenvalue weighted by atomic mass is 10.2. The molecule has 7 heteroatoms. The fourth-order valence-electron chi connectivity index (χ4n) is 1.80. The van der Waals surface area contributed by atoms with E-state index in [0.29, 0.717) is 18.0 Å². The van der Waals surface area contributed by atoms with Gasteiger partial charge in [-0.25, -0.2) is 0 Å². The maximum absolute atomic E-state index is 12.1. The highest BCUT2D eigenvalue weighted by Crippen LogP contribution is 2.30. The molecule has 0 unspecified atom stereocenters. The fraction of sp³-hybridized carbons (Fsp3) is 0.200. The maximum atomic E-state index is 12.1. The summed E-state index contributed by atoms with van der Waals surface area (Å²) in [5, 5.41) is 3.02. The molecule has 0 saturated heterocycles. The van der Waals surface area contributed by atoms with E-state index in [4.69, 9.17) is 4.74 Å². The van der Waals surface area contributed by atoms with Crippen LogP contribution in [0, 0.1) is 0 Å². The van der Waals surface area contributed by atoms with Crippen molar-refractivity contribution in [1.29, 1.82) is 0 Å². The largest absolute Gasteiger partial charge is 0.573 e. The molecule has 3 nitrogen and oxygen atoms in total.